The fourth-order valence-electron chi connectivity index (χ4n) is 2.52. The van der Waals surface area contributed by atoms with Crippen molar-refractivity contribution in [1.29, 1.82) is 0 Å². The average Bonchev–Trinajstić information content (AvgIpc) is 2.93. The molecule has 0 N–H and O–H groups in total. The normalized spacial score (nSPS) is 17.2. The maximum absolute atomic E-state index is 12.8. The highest BCUT2D eigenvalue weighted by Crippen LogP contribution is 2.35. The molecule has 0 radical (unpaired) electrons. The van der Waals surface area contributed by atoms with Gasteiger partial charge in [0.2, 0.25) is 0 Å². The number of thiophene rings is 1. The van der Waals surface area contributed by atoms with E-state index in [4.69, 9.17) is 4.74 Å². The van der Waals surface area contributed by atoms with Crippen molar-refractivity contribution in [2.75, 3.05) is 12.4 Å². The van der Waals surface area contributed by atoms with E-state index in [2.05, 4.69) is 4.98 Å². The first-order chi connectivity index (χ1) is 10.0. The van der Waals surface area contributed by atoms with E-state index in [0.29, 0.717) is 22.9 Å². The number of rotatable bonds is 3. The number of nitrogens with zero attached hydrogens (tertiary/aromatic N) is 2. The molecule has 112 valence electrons. The van der Waals surface area contributed by atoms with Gasteiger partial charge in [-0.1, -0.05) is 11.8 Å². The molecule has 0 spiro atoms. The second-order valence-electron chi connectivity index (χ2n) is 5.01. The highest BCUT2D eigenvalue weighted by Gasteiger charge is 2.29. The van der Waals surface area contributed by atoms with Crippen LogP contribution in [0, 0.1) is 13.8 Å². The predicted molar refractivity (Wildman–Crippen MR) is 84.4 cm³/mol. The van der Waals surface area contributed by atoms with E-state index in [1.807, 2.05) is 13.8 Å². The molecular weight excluding hydrogens is 308 g/mol. The summed E-state index contributed by atoms with van der Waals surface area (Å²) in [5.74, 6) is 0.428. The minimum absolute atomic E-state index is 0.0313. The van der Waals surface area contributed by atoms with Crippen LogP contribution in [0.1, 0.15) is 29.8 Å². The largest absolute Gasteiger partial charge is 0.466 e. The van der Waals surface area contributed by atoms with Crippen molar-refractivity contribution >= 4 is 39.3 Å². The zero-order valence-corrected chi connectivity index (χ0v) is 13.8. The quantitative estimate of drug-likeness (QED) is 0.642. The van der Waals surface area contributed by atoms with Gasteiger partial charge in [0.25, 0.3) is 5.56 Å². The second kappa shape index (κ2) is 5.46. The molecule has 3 rings (SSSR count). The molecule has 3 heterocycles. The molecule has 0 amide bonds. The van der Waals surface area contributed by atoms with Gasteiger partial charge in [-0.15, -0.1) is 11.3 Å². The number of aryl methyl sites for hydroxylation is 2. The first-order valence-corrected chi connectivity index (χ1v) is 8.63. The number of fused-ring (bicyclic) bond motifs is 2. The van der Waals surface area contributed by atoms with E-state index >= 15 is 0 Å². The van der Waals surface area contributed by atoms with Crippen LogP contribution in [0.15, 0.2) is 9.95 Å². The molecule has 0 aromatic carbocycles. The molecule has 21 heavy (non-hydrogen) atoms. The Kier molecular flexibility index (Phi) is 3.79. The van der Waals surface area contributed by atoms with Crippen molar-refractivity contribution in [2.45, 2.75) is 38.4 Å². The second-order valence-corrected chi connectivity index (χ2v) is 7.20. The lowest BCUT2D eigenvalue weighted by Crippen LogP contribution is -2.26. The summed E-state index contributed by atoms with van der Waals surface area (Å²) in [6.45, 7) is 6.09. The molecule has 2 aromatic rings. The maximum atomic E-state index is 12.8. The van der Waals surface area contributed by atoms with Gasteiger partial charge in [-0.3, -0.25) is 14.2 Å². The Morgan fingerprint density at radius 3 is 2.95 bits per heavy atom. The lowest BCUT2D eigenvalue weighted by Gasteiger charge is -2.12. The Hall–Kier alpha value is -1.34. The van der Waals surface area contributed by atoms with Crippen LogP contribution in [0.25, 0.3) is 10.2 Å². The molecule has 1 atom stereocenters. The van der Waals surface area contributed by atoms with E-state index in [1.54, 1.807) is 22.8 Å². The van der Waals surface area contributed by atoms with Gasteiger partial charge in [-0.2, -0.15) is 0 Å². The highest BCUT2D eigenvalue weighted by atomic mass is 32.2. The molecule has 0 saturated heterocycles. The van der Waals surface area contributed by atoms with Crippen molar-refractivity contribution in [3.63, 3.8) is 0 Å². The molecule has 5 nitrogen and oxygen atoms in total. The molecule has 1 aliphatic heterocycles. The Morgan fingerprint density at radius 2 is 2.24 bits per heavy atom. The van der Waals surface area contributed by atoms with Crippen LogP contribution < -0.4 is 5.56 Å². The molecule has 0 saturated carbocycles. The summed E-state index contributed by atoms with van der Waals surface area (Å²) >= 11 is 3.08. The number of esters is 1. The molecular formula is C14H16N2O3S2. The molecule has 2 aromatic heterocycles. The highest BCUT2D eigenvalue weighted by molar-refractivity contribution is 7.99. The van der Waals surface area contributed by atoms with E-state index in [9.17, 15) is 9.59 Å². The molecule has 0 fully saturated rings. The van der Waals surface area contributed by atoms with Crippen molar-refractivity contribution in [2.24, 2.45) is 0 Å². The Labute approximate surface area is 130 Å². The van der Waals surface area contributed by atoms with Crippen molar-refractivity contribution < 1.29 is 9.53 Å². The average molecular weight is 324 g/mol. The number of hydrogen-bond donors (Lipinski definition) is 0. The SMILES string of the molecule is CCOC(=O)C[C@H]1CSc2nc3sc(C)c(C)c3c(=O)n21. The van der Waals surface area contributed by atoms with Gasteiger partial charge in [0, 0.05) is 10.6 Å². The summed E-state index contributed by atoms with van der Waals surface area (Å²) in [6, 6.07) is -0.159. The van der Waals surface area contributed by atoms with Gasteiger partial charge in [0.1, 0.15) is 4.83 Å². The summed E-state index contributed by atoms with van der Waals surface area (Å²) < 4.78 is 6.66. The van der Waals surface area contributed by atoms with Crippen LogP contribution in [0.5, 0.6) is 0 Å². The van der Waals surface area contributed by atoms with Crippen molar-refractivity contribution in [3.05, 3.63) is 20.8 Å². The van der Waals surface area contributed by atoms with E-state index < -0.39 is 0 Å². The smallest absolute Gasteiger partial charge is 0.307 e. The van der Waals surface area contributed by atoms with Crippen LogP contribution in [0.2, 0.25) is 0 Å². The summed E-state index contributed by atoms with van der Waals surface area (Å²) in [5.41, 5.74) is 0.964. The molecule has 7 heteroatoms. The van der Waals surface area contributed by atoms with Gasteiger partial charge < -0.3 is 4.74 Å². The zero-order valence-electron chi connectivity index (χ0n) is 12.1. The number of ether oxygens (including phenoxy) is 1. The monoisotopic (exact) mass is 324 g/mol. The minimum atomic E-state index is -0.263. The van der Waals surface area contributed by atoms with E-state index in [0.717, 1.165) is 15.3 Å². The number of carbonyl (C=O) groups excluding carboxylic acids is 1. The molecule has 1 aliphatic rings. The summed E-state index contributed by atoms with van der Waals surface area (Å²) in [7, 11) is 0. The predicted octanol–water partition coefficient (Wildman–Crippen LogP) is 2.67. The summed E-state index contributed by atoms with van der Waals surface area (Å²) in [5, 5.41) is 1.40. The molecule has 0 unspecified atom stereocenters. The van der Waals surface area contributed by atoms with Crippen LogP contribution >= 0.6 is 23.1 Å². The topological polar surface area (TPSA) is 61.2 Å². The van der Waals surface area contributed by atoms with E-state index in [-0.39, 0.29) is 24.0 Å². The summed E-state index contributed by atoms with van der Waals surface area (Å²) in [4.78, 5) is 31.0. The van der Waals surface area contributed by atoms with Gasteiger partial charge >= 0.3 is 5.97 Å². The zero-order chi connectivity index (χ0) is 15.1. The third kappa shape index (κ3) is 2.38. The summed E-state index contributed by atoms with van der Waals surface area (Å²) in [6.07, 6.45) is 0.225. The van der Waals surface area contributed by atoms with Gasteiger partial charge in [-0.05, 0) is 26.3 Å². The Morgan fingerprint density at radius 1 is 1.48 bits per heavy atom. The third-order valence-electron chi connectivity index (χ3n) is 3.68. The number of thioether (sulfide) groups is 1. The van der Waals surface area contributed by atoms with Crippen LogP contribution in [-0.2, 0) is 9.53 Å². The van der Waals surface area contributed by atoms with Crippen LogP contribution in [-0.4, -0.2) is 27.9 Å². The lowest BCUT2D eigenvalue weighted by molar-refractivity contribution is -0.143. The first kappa shape index (κ1) is 14.6. The van der Waals surface area contributed by atoms with Gasteiger partial charge in [0.15, 0.2) is 5.16 Å². The first-order valence-electron chi connectivity index (χ1n) is 6.83. The number of hydrogen-bond acceptors (Lipinski definition) is 6. The lowest BCUT2D eigenvalue weighted by atomic mass is 10.2. The van der Waals surface area contributed by atoms with Crippen molar-refractivity contribution in [1.82, 2.24) is 9.55 Å². The standard InChI is InChI=1S/C14H16N2O3S2/c1-4-19-10(17)5-9-6-20-14-15-12-11(13(18)16(9)14)7(2)8(3)21-12/h9H,4-6H2,1-3H3/t9-/m0/s1. The number of carbonyl (C=O) groups is 1. The Balaban J connectivity index is 2.07. The van der Waals surface area contributed by atoms with Crippen molar-refractivity contribution in [3.8, 4) is 0 Å². The Bertz CT molecular complexity index is 779. The minimum Gasteiger partial charge on any atom is -0.466 e. The third-order valence-corrected chi connectivity index (χ3v) is 5.88. The van der Waals surface area contributed by atoms with Gasteiger partial charge in [-0.25, -0.2) is 4.98 Å². The fraction of sp³-hybridized carbons (Fsp3) is 0.500. The maximum Gasteiger partial charge on any atom is 0.307 e. The van der Waals surface area contributed by atoms with Crippen LogP contribution in [0.4, 0.5) is 0 Å². The fourth-order valence-corrected chi connectivity index (χ4v) is 4.73. The van der Waals surface area contributed by atoms with E-state index in [1.165, 1.54) is 11.8 Å². The van der Waals surface area contributed by atoms with Gasteiger partial charge in [0.05, 0.1) is 24.5 Å². The van der Waals surface area contributed by atoms with Crippen LogP contribution in [0.3, 0.4) is 0 Å². The number of aromatic nitrogens is 2. The molecule has 0 aliphatic carbocycles. The molecule has 0 bridgehead atoms.